The second kappa shape index (κ2) is 11.9. The zero-order valence-electron chi connectivity index (χ0n) is 11.8. The van der Waals surface area contributed by atoms with Gasteiger partial charge in [-0.2, -0.15) is 0 Å². The molecule has 0 rings (SSSR count). The molecule has 0 amide bonds. The second-order valence-corrected chi connectivity index (χ2v) is 4.62. The Bertz CT molecular complexity index is 183. The van der Waals surface area contributed by atoms with E-state index in [-0.39, 0.29) is 5.97 Å². The van der Waals surface area contributed by atoms with E-state index < -0.39 is 0 Å². The number of hydrogen-bond acceptors (Lipinski definition) is 3. The predicted molar refractivity (Wildman–Crippen MR) is 72.1 cm³/mol. The van der Waals surface area contributed by atoms with Crippen LogP contribution >= 0.6 is 0 Å². The van der Waals surface area contributed by atoms with E-state index in [0.717, 1.165) is 19.5 Å². The van der Waals surface area contributed by atoms with Gasteiger partial charge in [0.25, 0.3) is 0 Å². The highest BCUT2D eigenvalue weighted by Gasteiger charge is 2.09. The largest absolute Gasteiger partial charge is 0.468 e. The molecule has 0 unspecified atom stereocenters. The first-order chi connectivity index (χ1) is 8.24. The van der Waals surface area contributed by atoms with Crippen molar-refractivity contribution in [1.82, 2.24) is 4.90 Å². The Hall–Kier alpha value is -0.570. The SMILES string of the molecule is CCCCCCCCN(CCC)CC(=O)OC. The van der Waals surface area contributed by atoms with E-state index in [4.69, 9.17) is 4.74 Å². The van der Waals surface area contributed by atoms with Crippen molar-refractivity contribution in [3.8, 4) is 0 Å². The van der Waals surface area contributed by atoms with Crippen LogP contribution in [0, 0.1) is 0 Å². The molecule has 0 saturated heterocycles. The van der Waals surface area contributed by atoms with Crippen LogP contribution in [0.15, 0.2) is 0 Å². The molecule has 0 saturated carbocycles. The zero-order valence-corrected chi connectivity index (χ0v) is 11.8. The van der Waals surface area contributed by atoms with E-state index in [2.05, 4.69) is 18.7 Å². The van der Waals surface area contributed by atoms with Crippen LogP contribution in [0.1, 0.15) is 58.8 Å². The van der Waals surface area contributed by atoms with Gasteiger partial charge in [-0.3, -0.25) is 9.69 Å². The molecule has 0 aliphatic rings. The molecule has 0 bridgehead atoms. The summed E-state index contributed by atoms with van der Waals surface area (Å²) in [5, 5.41) is 0. The van der Waals surface area contributed by atoms with Crippen LogP contribution in [-0.4, -0.2) is 37.6 Å². The van der Waals surface area contributed by atoms with E-state index in [9.17, 15) is 4.79 Å². The Morgan fingerprint density at radius 3 is 2.18 bits per heavy atom. The van der Waals surface area contributed by atoms with Crippen LogP contribution < -0.4 is 0 Å². The molecule has 3 heteroatoms. The molecule has 0 aromatic heterocycles. The number of carbonyl (C=O) groups is 1. The lowest BCUT2D eigenvalue weighted by molar-refractivity contribution is -0.141. The number of ether oxygens (including phenoxy) is 1. The highest BCUT2D eigenvalue weighted by Crippen LogP contribution is 2.06. The summed E-state index contributed by atoms with van der Waals surface area (Å²) in [5.74, 6) is -0.121. The number of carbonyl (C=O) groups excluding carboxylic acids is 1. The standard InChI is InChI=1S/C14H29NO2/c1-4-6-7-8-9-10-12-15(11-5-2)13-14(16)17-3/h4-13H2,1-3H3. The zero-order chi connectivity index (χ0) is 12.9. The summed E-state index contributed by atoms with van der Waals surface area (Å²) < 4.78 is 4.71. The number of nitrogens with zero attached hydrogens (tertiary/aromatic N) is 1. The first kappa shape index (κ1) is 16.4. The van der Waals surface area contributed by atoms with Crippen molar-refractivity contribution >= 4 is 5.97 Å². The molecule has 0 atom stereocenters. The molecule has 0 aliphatic heterocycles. The maximum Gasteiger partial charge on any atom is 0.319 e. The van der Waals surface area contributed by atoms with E-state index in [1.54, 1.807) is 0 Å². The Morgan fingerprint density at radius 1 is 0.941 bits per heavy atom. The maximum absolute atomic E-state index is 11.2. The van der Waals surface area contributed by atoms with Crippen LogP contribution in [0.3, 0.4) is 0 Å². The molecule has 0 N–H and O–H groups in total. The Morgan fingerprint density at radius 2 is 1.59 bits per heavy atom. The molecular weight excluding hydrogens is 214 g/mol. The van der Waals surface area contributed by atoms with Crippen LogP contribution in [-0.2, 0) is 9.53 Å². The van der Waals surface area contributed by atoms with Gasteiger partial charge in [0.15, 0.2) is 0 Å². The normalized spacial score (nSPS) is 10.8. The van der Waals surface area contributed by atoms with Gasteiger partial charge in [-0.1, -0.05) is 46.0 Å². The summed E-state index contributed by atoms with van der Waals surface area (Å²) in [6.45, 7) is 6.84. The van der Waals surface area contributed by atoms with Crippen molar-refractivity contribution in [2.24, 2.45) is 0 Å². The minimum absolute atomic E-state index is 0.121. The van der Waals surface area contributed by atoms with E-state index in [1.807, 2.05) is 0 Å². The van der Waals surface area contributed by atoms with Gasteiger partial charge in [-0.25, -0.2) is 0 Å². The van der Waals surface area contributed by atoms with E-state index in [0.29, 0.717) is 6.54 Å². The van der Waals surface area contributed by atoms with E-state index >= 15 is 0 Å². The van der Waals surface area contributed by atoms with Crippen LogP contribution in [0.2, 0.25) is 0 Å². The van der Waals surface area contributed by atoms with Crippen molar-refractivity contribution < 1.29 is 9.53 Å². The number of esters is 1. The Labute approximate surface area is 107 Å². The topological polar surface area (TPSA) is 29.5 Å². The molecule has 17 heavy (non-hydrogen) atoms. The van der Waals surface area contributed by atoms with Gasteiger partial charge in [0, 0.05) is 0 Å². The summed E-state index contributed by atoms with van der Waals surface area (Å²) in [7, 11) is 1.46. The number of rotatable bonds is 11. The smallest absolute Gasteiger partial charge is 0.319 e. The molecule has 0 aromatic rings. The van der Waals surface area contributed by atoms with Gasteiger partial charge in [-0.05, 0) is 25.9 Å². The third-order valence-corrected chi connectivity index (χ3v) is 2.95. The molecule has 0 fully saturated rings. The van der Waals surface area contributed by atoms with Crippen LogP contribution in [0.5, 0.6) is 0 Å². The fourth-order valence-electron chi connectivity index (χ4n) is 1.95. The molecule has 0 aliphatic carbocycles. The summed E-state index contributed by atoms with van der Waals surface area (Å²) in [5.41, 5.74) is 0. The fourth-order valence-corrected chi connectivity index (χ4v) is 1.95. The Balaban J connectivity index is 3.58. The molecule has 0 heterocycles. The predicted octanol–water partition coefficient (Wildman–Crippen LogP) is 3.23. The van der Waals surface area contributed by atoms with Crippen LogP contribution in [0.4, 0.5) is 0 Å². The van der Waals surface area contributed by atoms with Gasteiger partial charge >= 0.3 is 5.97 Å². The van der Waals surface area contributed by atoms with Crippen LogP contribution in [0.25, 0.3) is 0 Å². The molecular formula is C14H29NO2. The molecule has 3 nitrogen and oxygen atoms in total. The van der Waals surface area contributed by atoms with Crippen molar-refractivity contribution in [3.63, 3.8) is 0 Å². The number of unbranched alkanes of at least 4 members (excludes halogenated alkanes) is 5. The van der Waals surface area contributed by atoms with Gasteiger partial charge in [0.2, 0.25) is 0 Å². The maximum atomic E-state index is 11.2. The van der Waals surface area contributed by atoms with Crippen molar-refractivity contribution in [2.75, 3.05) is 26.7 Å². The quantitative estimate of drug-likeness (QED) is 0.412. The van der Waals surface area contributed by atoms with Crippen molar-refractivity contribution in [3.05, 3.63) is 0 Å². The lowest BCUT2D eigenvalue weighted by Gasteiger charge is -2.19. The summed E-state index contributed by atoms with van der Waals surface area (Å²) >= 11 is 0. The summed E-state index contributed by atoms with van der Waals surface area (Å²) in [6, 6.07) is 0. The summed E-state index contributed by atoms with van der Waals surface area (Å²) in [6.07, 6.45) is 8.88. The van der Waals surface area contributed by atoms with Gasteiger partial charge < -0.3 is 4.74 Å². The lowest BCUT2D eigenvalue weighted by atomic mass is 10.1. The average Bonchev–Trinajstić information content (AvgIpc) is 2.33. The first-order valence-corrected chi connectivity index (χ1v) is 7.03. The highest BCUT2D eigenvalue weighted by molar-refractivity contribution is 5.71. The molecule has 102 valence electrons. The minimum Gasteiger partial charge on any atom is -0.468 e. The fraction of sp³-hybridized carbons (Fsp3) is 0.929. The third-order valence-electron chi connectivity index (χ3n) is 2.95. The minimum atomic E-state index is -0.121. The third kappa shape index (κ3) is 10.3. The number of methoxy groups -OCH3 is 1. The summed E-state index contributed by atoms with van der Waals surface area (Å²) in [4.78, 5) is 13.4. The van der Waals surface area contributed by atoms with Gasteiger partial charge in [0.05, 0.1) is 13.7 Å². The average molecular weight is 243 g/mol. The van der Waals surface area contributed by atoms with Crippen molar-refractivity contribution in [1.29, 1.82) is 0 Å². The van der Waals surface area contributed by atoms with Gasteiger partial charge in [0.1, 0.15) is 0 Å². The monoisotopic (exact) mass is 243 g/mol. The highest BCUT2D eigenvalue weighted by atomic mass is 16.5. The Kier molecular flexibility index (Phi) is 11.5. The molecule has 0 aromatic carbocycles. The van der Waals surface area contributed by atoms with Crippen molar-refractivity contribution in [2.45, 2.75) is 58.8 Å². The molecule has 0 radical (unpaired) electrons. The lowest BCUT2D eigenvalue weighted by Crippen LogP contribution is -2.32. The first-order valence-electron chi connectivity index (χ1n) is 7.03. The number of hydrogen-bond donors (Lipinski definition) is 0. The van der Waals surface area contributed by atoms with Gasteiger partial charge in [-0.15, -0.1) is 0 Å². The molecule has 0 spiro atoms. The second-order valence-electron chi connectivity index (χ2n) is 4.62. The van der Waals surface area contributed by atoms with E-state index in [1.165, 1.54) is 45.6 Å².